The van der Waals surface area contributed by atoms with Crippen molar-refractivity contribution < 1.29 is 23.8 Å². The number of hydrogen-bond acceptors (Lipinski definition) is 7. The number of para-hydroxylation sites is 1. The van der Waals surface area contributed by atoms with Crippen LogP contribution in [0.3, 0.4) is 0 Å². The summed E-state index contributed by atoms with van der Waals surface area (Å²) >= 11 is 1.32. The van der Waals surface area contributed by atoms with Gasteiger partial charge < -0.3 is 19.1 Å². The van der Waals surface area contributed by atoms with Gasteiger partial charge in [0, 0.05) is 25.1 Å². The number of rotatable bonds is 11. The first-order chi connectivity index (χ1) is 13.1. The van der Waals surface area contributed by atoms with Crippen LogP contribution in [0.1, 0.15) is 28.8 Å². The van der Waals surface area contributed by atoms with E-state index in [2.05, 4.69) is 9.72 Å². The van der Waals surface area contributed by atoms with Crippen molar-refractivity contribution in [1.82, 2.24) is 9.88 Å². The highest BCUT2D eigenvalue weighted by Gasteiger charge is 2.18. The second kappa shape index (κ2) is 11.3. The Kier molecular flexibility index (Phi) is 8.73. The maximum absolute atomic E-state index is 12.6. The molecule has 0 radical (unpaired) electrons. The summed E-state index contributed by atoms with van der Waals surface area (Å²) in [6.45, 7) is 3.91. The van der Waals surface area contributed by atoms with Crippen molar-refractivity contribution >= 4 is 23.2 Å². The number of esters is 1. The molecule has 0 saturated carbocycles. The average Bonchev–Trinajstić information content (AvgIpc) is 3.17. The predicted molar refractivity (Wildman–Crippen MR) is 102 cm³/mol. The topological polar surface area (TPSA) is 78.0 Å². The van der Waals surface area contributed by atoms with Gasteiger partial charge in [-0.1, -0.05) is 18.2 Å². The summed E-state index contributed by atoms with van der Waals surface area (Å²) in [5.41, 5.74) is 0.250. The molecule has 0 N–H and O–H groups in total. The molecule has 0 aliphatic rings. The van der Waals surface area contributed by atoms with Gasteiger partial charge in [-0.25, -0.2) is 9.78 Å². The third-order valence-electron chi connectivity index (χ3n) is 3.65. The summed E-state index contributed by atoms with van der Waals surface area (Å²) < 4.78 is 15.6. The maximum Gasteiger partial charge on any atom is 0.357 e. The molecule has 7 nitrogen and oxygen atoms in total. The number of aromatic nitrogens is 1. The van der Waals surface area contributed by atoms with Gasteiger partial charge in [0.15, 0.2) is 12.3 Å². The molecule has 0 spiro atoms. The van der Waals surface area contributed by atoms with E-state index in [1.165, 1.54) is 18.4 Å². The molecule has 146 valence electrons. The highest BCUT2D eigenvalue weighted by Crippen LogP contribution is 2.15. The monoisotopic (exact) mass is 392 g/mol. The molecule has 0 aliphatic carbocycles. The van der Waals surface area contributed by atoms with Crippen LogP contribution in [0.25, 0.3) is 0 Å². The zero-order valence-electron chi connectivity index (χ0n) is 15.6. The Hall–Kier alpha value is -2.45. The zero-order chi connectivity index (χ0) is 19.5. The summed E-state index contributed by atoms with van der Waals surface area (Å²) in [5.74, 6) is 0.00615. The van der Waals surface area contributed by atoms with Crippen molar-refractivity contribution in [3.8, 4) is 5.75 Å². The van der Waals surface area contributed by atoms with Crippen LogP contribution in [-0.4, -0.2) is 55.2 Å². The van der Waals surface area contributed by atoms with E-state index < -0.39 is 5.97 Å². The fourth-order valence-corrected chi connectivity index (χ4v) is 3.07. The summed E-state index contributed by atoms with van der Waals surface area (Å²) in [4.78, 5) is 30.1. The third kappa shape index (κ3) is 6.99. The van der Waals surface area contributed by atoms with Gasteiger partial charge >= 0.3 is 5.97 Å². The number of carbonyl (C=O) groups excluding carboxylic acids is 2. The van der Waals surface area contributed by atoms with Crippen molar-refractivity contribution in [2.45, 2.75) is 19.9 Å². The summed E-state index contributed by atoms with van der Waals surface area (Å²) in [7, 11) is 1.31. The van der Waals surface area contributed by atoms with Crippen molar-refractivity contribution in [3.63, 3.8) is 0 Å². The number of carbonyl (C=O) groups is 2. The minimum atomic E-state index is -0.487. The molecule has 0 fully saturated rings. The van der Waals surface area contributed by atoms with Gasteiger partial charge in [-0.2, -0.15) is 0 Å². The predicted octanol–water partition coefficient (Wildman–Crippen LogP) is 2.76. The molecular formula is C19H24N2O5S. The Morgan fingerprint density at radius 2 is 2.00 bits per heavy atom. The number of nitrogens with zero attached hydrogens (tertiary/aromatic N) is 2. The van der Waals surface area contributed by atoms with E-state index in [1.807, 2.05) is 25.1 Å². The molecule has 0 bridgehead atoms. The molecule has 0 saturated heterocycles. The van der Waals surface area contributed by atoms with Gasteiger partial charge in [-0.05, 0) is 25.5 Å². The lowest BCUT2D eigenvalue weighted by molar-refractivity contribution is -0.134. The molecule has 27 heavy (non-hydrogen) atoms. The first kappa shape index (κ1) is 20.9. The highest BCUT2D eigenvalue weighted by atomic mass is 32.1. The van der Waals surface area contributed by atoms with Crippen LogP contribution in [0, 0.1) is 0 Å². The van der Waals surface area contributed by atoms with Crippen LogP contribution >= 0.6 is 11.3 Å². The van der Waals surface area contributed by atoms with Crippen LogP contribution in [0.15, 0.2) is 35.7 Å². The van der Waals surface area contributed by atoms with Crippen LogP contribution in [0.4, 0.5) is 0 Å². The lowest BCUT2D eigenvalue weighted by Gasteiger charge is -2.21. The van der Waals surface area contributed by atoms with E-state index >= 15 is 0 Å². The first-order valence-corrected chi connectivity index (χ1v) is 9.58. The third-order valence-corrected chi connectivity index (χ3v) is 4.49. The maximum atomic E-state index is 12.6. The molecule has 0 unspecified atom stereocenters. The van der Waals surface area contributed by atoms with E-state index in [0.717, 1.165) is 0 Å². The van der Waals surface area contributed by atoms with Crippen molar-refractivity contribution in [3.05, 3.63) is 46.4 Å². The molecule has 2 aromatic rings. The minimum absolute atomic E-state index is 0.0616. The van der Waals surface area contributed by atoms with Gasteiger partial charge in [0.25, 0.3) is 5.91 Å². The molecular weight excluding hydrogens is 368 g/mol. The van der Waals surface area contributed by atoms with E-state index in [9.17, 15) is 9.59 Å². The van der Waals surface area contributed by atoms with Crippen molar-refractivity contribution in [2.75, 3.05) is 33.5 Å². The fourth-order valence-electron chi connectivity index (χ4n) is 2.29. The smallest absolute Gasteiger partial charge is 0.357 e. The highest BCUT2D eigenvalue weighted by molar-refractivity contribution is 7.09. The molecule has 2 rings (SSSR count). The summed E-state index contributed by atoms with van der Waals surface area (Å²) in [6.07, 6.45) is 0.708. The molecule has 0 atom stereocenters. The van der Waals surface area contributed by atoms with Crippen molar-refractivity contribution in [2.24, 2.45) is 0 Å². The first-order valence-electron chi connectivity index (χ1n) is 8.70. The van der Waals surface area contributed by atoms with E-state index in [0.29, 0.717) is 43.5 Å². The second-order valence-electron chi connectivity index (χ2n) is 5.59. The number of benzene rings is 1. The van der Waals surface area contributed by atoms with Gasteiger partial charge in [0.1, 0.15) is 10.8 Å². The number of hydrogen-bond donors (Lipinski definition) is 0. The van der Waals surface area contributed by atoms with Crippen LogP contribution in [0.2, 0.25) is 0 Å². The lowest BCUT2D eigenvalue weighted by Crippen LogP contribution is -2.35. The van der Waals surface area contributed by atoms with Crippen LogP contribution in [-0.2, 0) is 20.8 Å². The Morgan fingerprint density at radius 1 is 1.22 bits per heavy atom. The Morgan fingerprint density at radius 3 is 2.70 bits per heavy atom. The Labute approximate surface area is 162 Å². The van der Waals surface area contributed by atoms with Gasteiger partial charge in [-0.15, -0.1) is 11.3 Å². The zero-order valence-corrected chi connectivity index (χ0v) is 16.4. The summed E-state index contributed by atoms with van der Waals surface area (Å²) in [6, 6.07) is 9.19. The molecule has 0 aliphatic heterocycles. The average molecular weight is 392 g/mol. The molecule has 1 aromatic carbocycles. The van der Waals surface area contributed by atoms with Crippen LogP contribution in [0.5, 0.6) is 5.75 Å². The summed E-state index contributed by atoms with van der Waals surface area (Å²) in [5, 5.41) is 2.30. The lowest BCUT2D eigenvalue weighted by atomic mass is 10.3. The molecule has 8 heteroatoms. The van der Waals surface area contributed by atoms with Gasteiger partial charge in [-0.3, -0.25) is 4.79 Å². The largest absolute Gasteiger partial charge is 0.484 e. The molecule has 1 amide bonds. The standard InChI is InChI=1S/C19H24N2O5S/c1-3-25-11-7-10-21(12-17-20-16(14-27-17)19(23)24-2)18(22)13-26-15-8-5-4-6-9-15/h4-6,8-9,14H,3,7,10-13H2,1-2H3. The Balaban J connectivity index is 1.97. The number of ether oxygens (including phenoxy) is 3. The van der Waals surface area contributed by atoms with Crippen molar-refractivity contribution in [1.29, 1.82) is 0 Å². The van der Waals surface area contributed by atoms with E-state index in [1.54, 1.807) is 22.4 Å². The van der Waals surface area contributed by atoms with E-state index in [4.69, 9.17) is 9.47 Å². The number of amides is 1. The van der Waals surface area contributed by atoms with Crippen LogP contribution < -0.4 is 4.74 Å². The quantitative estimate of drug-likeness (QED) is 0.432. The van der Waals surface area contributed by atoms with Gasteiger partial charge in [0.05, 0.1) is 13.7 Å². The number of thiazole rings is 1. The second-order valence-corrected chi connectivity index (χ2v) is 6.53. The minimum Gasteiger partial charge on any atom is -0.484 e. The molecule has 1 aromatic heterocycles. The van der Waals surface area contributed by atoms with Gasteiger partial charge in [0.2, 0.25) is 0 Å². The van der Waals surface area contributed by atoms with E-state index in [-0.39, 0.29) is 18.2 Å². The normalized spacial score (nSPS) is 10.4. The molecule has 1 heterocycles. The Bertz CT molecular complexity index is 720. The fraction of sp³-hybridized carbons (Fsp3) is 0.421. The number of methoxy groups -OCH3 is 1. The SMILES string of the molecule is CCOCCCN(Cc1nc(C(=O)OC)cs1)C(=O)COc1ccccc1.